The van der Waals surface area contributed by atoms with Crippen molar-refractivity contribution in [2.24, 2.45) is 0 Å². The molecule has 3 aromatic rings. The van der Waals surface area contributed by atoms with Crippen LogP contribution in [0, 0.1) is 0 Å². The molecule has 1 heterocycles. The molecule has 4 rings (SSSR count). The monoisotopic (exact) mass is 384 g/mol. The summed E-state index contributed by atoms with van der Waals surface area (Å²) in [6, 6.07) is 27.5. The lowest BCUT2D eigenvalue weighted by atomic mass is 9.79. The summed E-state index contributed by atoms with van der Waals surface area (Å²) >= 11 is 0. The fourth-order valence-corrected chi connectivity index (χ4v) is 3.68. The third-order valence-electron chi connectivity index (χ3n) is 5.23. The molecule has 1 aliphatic rings. The van der Waals surface area contributed by atoms with E-state index in [0.29, 0.717) is 5.56 Å². The fraction of sp³-hybridized carbons (Fsp3) is 0.120. The standard InChI is InChI=1S/C25H20O4/c26-22-16-25(19-12-6-2-7-13-19,20-14-8-3-9-15-20)29-17-21(22)24(28)23(27)18-10-4-1-5-11-18/h1-15,28H,16-17H2. The van der Waals surface area contributed by atoms with Crippen molar-refractivity contribution in [2.75, 3.05) is 6.61 Å². The smallest absolute Gasteiger partial charge is 0.227 e. The molecule has 0 atom stereocenters. The Morgan fingerprint density at radius 2 is 1.28 bits per heavy atom. The number of ether oxygens (including phenoxy) is 1. The van der Waals surface area contributed by atoms with Crippen molar-refractivity contribution in [3.63, 3.8) is 0 Å². The number of carbonyl (C=O) groups excluding carboxylic acids is 2. The van der Waals surface area contributed by atoms with Gasteiger partial charge in [-0.05, 0) is 11.1 Å². The first-order valence-electron chi connectivity index (χ1n) is 9.42. The molecular weight excluding hydrogens is 364 g/mol. The average molecular weight is 384 g/mol. The minimum atomic E-state index is -0.959. The van der Waals surface area contributed by atoms with E-state index in [1.54, 1.807) is 30.3 Å². The van der Waals surface area contributed by atoms with E-state index in [2.05, 4.69) is 0 Å². The van der Waals surface area contributed by atoms with Gasteiger partial charge >= 0.3 is 0 Å². The number of allylic oxidation sites excluding steroid dienone is 1. The van der Waals surface area contributed by atoms with E-state index in [-0.39, 0.29) is 24.4 Å². The highest BCUT2D eigenvalue weighted by Crippen LogP contribution is 2.41. The number of aliphatic hydroxyl groups is 1. The molecule has 1 N–H and O–H groups in total. The largest absolute Gasteiger partial charge is 0.504 e. The Balaban J connectivity index is 1.72. The van der Waals surface area contributed by atoms with Crippen LogP contribution in [-0.4, -0.2) is 23.3 Å². The number of aliphatic hydroxyl groups excluding tert-OH is 1. The first kappa shape index (κ1) is 18.8. The number of hydrogen-bond acceptors (Lipinski definition) is 4. The van der Waals surface area contributed by atoms with Gasteiger partial charge in [0.25, 0.3) is 0 Å². The molecule has 0 aliphatic carbocycles. The van der Waals surface area contributed by atoms with Crippen molar-refractivity contribution in [1.82, 2.24) is 0 Å². The van der Waals surface area contributed by atoms with Crippen LogP contribution in [0.3, 0.4) is 0 Å². The Bertz CT molecular complexity index is 1010. The zero-order valence-electron chi connectivity index (χ0n) is 15.7. The summed E-state index contributed by atoms with van der Waals surface area (Å²) in [5.74, 6) is -1.42. The number of carbonyl (C=O) groups is 2. The molecule has 3 aromatic carbocycles. The summed E-state index contributed by atoms with van der Waals surface area (Å²) in [6.07, 6.45) is 0.00247. The van der Waals surface area contributed by atoms with E-state index < -0.39 is 17.1 Å². The van der Waals surface area contributed by atoms with Crippen molar-refractivity contribution in [3.05, 3.63) is 119 Å². The van der Waals surface area contributed by atoms with Gasteiger partial charge < -0.3 is 9.84 Å². The van der Waals surface area contributed by atoms with Gasteiger partial charge in [0, 0.05) is 12.0 Å². The van der Waals surface area contributed by atoms with Crippen molar-refractivity contribution < 1.29 is 19.4 Å². The highest BCUT2D eigenvalue weighted by molar-refractivity contribution is 6.12. The second-order valence-electron chi connectivity index (χ2n) is 6.97. The number of hydrogen-bond donors (Lipinski definition) is 1. The molecule has 0 unspecified atom stereocenters. The highest BCUT2D eigenvalue weighted by atomic mass is 16.5. The fourth-order valence-electron chi connectivity index (χ4n) is 3.68. The molecule has 144 valence electrons. The molecule has 4 nitrogen and oxygen atoms in total. The van der Waals surface area contributed by atoms with Crippen LogP contribution >= 0.6 is 0 Å². The zero-order chi connectivity index (χ0) is 20.3. The highest BCUT2D eigenvalue weighted by Gasteiger charge is 2.43. The van der Waals surface area contributed by atoms with E-state index in [4.69, 9.17) is 4.74 Å². The van der Waals surface area contributed by atoms with Gasteiger partial charge in [-0.25, -0.2) is 0 Å². The second kappa shape index (κ2) is 7.86. The molecule has 0 radical (unpaired) electrons. The van der Waals surface area contributed by atoms with Crippen molar-refractivity contribution in [2.45, 2.75) is 12.0 Å². The molecule has 0 saturated carbocycles. The summed E-state index contributed by atoms with van der Waals surface area (Å²) in [5, 5.41) is 10.5. The van der Waals surface area contributed by atoms with Gasteiger partial charge in [0.1, 0.15) is 5.60 Å². The quantitative estimate of drug-likeness (QED) is 0.405. The Morgan fingerprint density at radius 3 is 1.76 bits per heavy atom. The van der Waals surface area contributed by atoms with E-state index >= 15 is 0 Å². The minimum absolute atomic E-state index is 0.00247. The van der Waals surface area contributed by atoms with Gasteiger partial charge in [0.15, 0.2) is 11.5 Å². The Kier molecular flexibility index (Phi) is 5.10. The third-order valence-corrected chi connectivity index (χ3v) is 5.23. The maximum atomic E-state index is 13.1. The Labute approximate surface area is 169 Å². The first-order chi connectivity index (χ1) is 14.1. The maximum Gasteiger partial charge on any atom is 0.227 e. The molecule has 0 amide bonds. The minimum Gasteiger partial charge on any atom is -0.504 e. The van der Waals surface area contributed by atoms with Gasteiger partial charge in [-0.1, -0.05) is 91.0 Å². The van der Waals surface area contributed by atoms with Crippen molar-refractivity contribution in [1.29, 1.82) is 0 Å². The lowest BCUT2D eigenvalue weighted by Gasteiger charge is -2.38. The van der Waals surface area contributed by atoms with Gasteiger partial charge in [0.05, 0.1) is 12.2 Å². The van der Waals surface area contributed by atoms with Gasteiger partial charge in [-0.15, -0.1) is 0 Å². The van der Waals surface area contributed by atoms with E-state index in [0.717, 1.165) is 11.1 Å². The Morgan fingerprint density at radius 1 is 0.793 bits per heavy atom. The SMILES string of the molecule is O=C1CC(c2ccccc2)(c2ccccc2)OCC1=C(O)C(=O)c1ccccc1. The molecule has 0 bridgehead atoms. The van der Waals surface area contributed by atoms with Gasteiger partial charge in [0.2, 0.25) is 5.78 Å². The molecule has 1 fully saturated rings. The number of rotatable bonds is 4. The van der Waals surface area contributed by atoms with Crippen LogP contribution in [0.4, 0.5) is 0 Å². The van der Waals surface area contributed by atoms with E-state index in [1.165, 1.54) is 0 Å². The summed E-state index contributed by atoms with van der Waals surface area (Å²) in [7, 11) is 0. The normalized spacial score (nSPS) is 17.6. The lowest BCUT2D eigenvalue weighted by molar-refractivity contribution is -0.128. The number of Topliss-reactive ketones (excluding diaryl/α,β-unsaturated/α-hetero) is 2. The predicted molar refractivity (Wildman–Crippen MR) is 110 cm³/mol. The van der Waals surface area contributed by atoms with Crippen molar-refractivity contribution in [3.8, 4) is 0 Å². The summed E-state index contributed by atoms with van der Waals surface area (Å²) < 4.78 is 6.24. The zero-order valence-corrected chi connectivity index (χ0v) is 15.7. The van der Waals surface area contributed by atoms with Crippen LogP contribution < -0.4 is 0 Å². The van der Waals surface area contributed by atoms with Crippen molar-refractivity contribution >= 4 is 11.6 Å². The van der Waals surface area contributed by atoms with E-state index in [9.17, 15) is 14.7 Å². The topological polar surface area (TPSA) is 63.6 Å². The van der Waals surface area contributed by atoms with Crippen LogP contribution in [-0.2, 0) is 15.1 Å². The summed E-state index contributed by atoms with van der Waals surface area (Å²) in [6.45, 7) is -0.146. The van der Waals surface area contributed by atoms with Crippen LogP contribution in [0.25, 0.3) is 0 Å². The molecule has 29 heavy (non-hydrogen) atoms. The summed E-state index contributed by atoms with van der Waals surface area (Å²) in [5.41, 5.74) is 1.09. The second-order valence-corrected chi connectivity index (χ2v) is 6.97. The molecule has 1 saturated heterocycles. The molecule has 0 aromatic heterocycles. The third kappa shape index (κ3) is 3.50. The lowest BCUT2D eigenvalue weighted by Crippen LogP contribution is -2.40. The molecule has 0 spiro atoms. The first-order valence-corrected chi connectivity index (χ1v) is 9.42. The summed E-state index contributed by atoms with van der Waals surface area (Å²) in [4.78, 5) is 25.7. The molecule has 1 aliphatic heterocycles. The molecular formula is C25H20O4. The van der Waals surface area contributed by atoms with Crippen LogP contribution in [0.5, 0.6) is 0 Å². The Hall–Kier alpha value is -3.50. The number of benzene rings is 3. The predicted octanol–water partition coefficient (Wildman–Crippen LogP) is 4.61. The maximum absolute atomic E-state index is 13.1. The van der Waals surface area contributed by atoms with Crippen LogP contribution in [0.2, 0.25) is 0 Å². The number of ketones is 2. The molecule has 4 heteroatoms. The average Bonchev–Trinajstić information content (AvgIpc) is 2.80. The van der Waals surface area contributed by atoms with Gasteiger partial charge in [-0.2, -0.15) is 0 Å². The van der Waals surface area contributed by atoms with Crippen LogP contribution in [0.1, 0.15) is 27.9 Å². The van der Waals surface area contributed by atoms with Gasteiger partial charge in [-0.3, -0.25) is 9.59 Å². The van der Waals surface area contributed by atoms with Crippen LogP contribution in [0.15, 0.2) is 102 Å². The van der Waals surface area contributed by atoms with E-state index in [1.807, 2.05) is 60.7 Å².